The van der Waals surface area contributed by atoms with Crippen molar-refractivity contribution in [1.29, 1.82) is 0 Å². The predicted molar refractivity (Wildman–Crippen MR) is 87.5 cm³/mol. The largest absolute Gasteiger partial charge is 0.378 e. The van der Waals surface area contributed by atoms with Crippen LogP contribution in [0.15, 0.2) is 35.9 Å². The Hall–Kier alpha value is -1.58. The molecule has 2 saturated heterocycles. The molecule has 5 rings (SSSR count). The molecule has 0 spiro atoms. The van der Waals surface area contributed by atoms with Crippen LogP contribution in [0.3, 0.4) is 0 Å². The van der Waals surface area contributed by atoms with E-state index in [-0.39, 0.29) is 5.54 Å². The van der Waals surface area contributed by atoms with E-state index in [4.69, 9.17) is 0 Å². The number of rotatable bonds is 0. The summed E-state index contributed by atoms with van der Waals surface area (Å²) in [5, 5.41) is 13.0. The minimum absolute atomic E-state index is 0.221. The molecule has 1 aromatic carbocycles. The molecule has 22 heavy (non-hydrogen) atoms. The molecule has 1 aromatic heterocycles. The fourth-order valence-electron chi connectivity index (χ4n) is 5.79. The molecule has 0 unspecified atom stereocenters. The van der Waals surface area contributed by atoms with E-state index in [1.165, 1.54) is 27.7 Å². The highest BCUT2D eigenvalue weighted by Crippen LogP contribution is 2.62. The second-order valence-electron chi connectivity index (χ2n) is 7.52. The number of hydrogen-bond acceptors (Lipinski definition) is 1. The molecule has 0 radical (unpaired) electrons. The fraction of sp³-hybridized carbons (Fsp3) is 0.474. The van der Waals surface area contributed by atoms with Gasteiger partial charge in [-0.15, -0.1) is 0 Å². The zero-order valence-electron chi connectivity index (χ0n) is 13.3. The van der Waals surface area contributed by atoms with Gasteiger partial charge in [0.25, 0.3) is 0 Å². The number of aromatic nitrogens is 1. The number of nitrogens with one attached hydrogen (secondary N) is 1. The monoisotopic (exact) mass is 295 g/mol. The van der Waals surface area contributed by atoms with E-state index >= 15 is 0 Å². The lowest BCUT2D eigenvalue weighted by molar-refractivity contribution is -0.962. The van der Waals surface area contributed by atoms with Crippen LogP contribution in [-0.2, 0) is 12.0 Å². The standard InChI is InChI=1S/C19H23N2O/c1-3-13-12-21-10-8-15-14-6-4-5-7-16(14)20-17(15)18(21,2)19(13,22)9-11-21/h3-7,20,22H,8-12H2,1-2H3/q+1/b13-3-/t18-,19-,21+/m0/s1. The van der Waals surface area contributed by atoms with Gasteiger partial charge < -0.3 is 14.6 Å². The maximum atomic E-state index is 11.6. The van der Waals surface area contributed by atoms with Gasteiger partial charge in [0, 0.05) is 29.3 Å². The van der Waals surface area contributed by atoms with Crippen LogP contribution >= 0.6 is 0 Å². The maximum Gasteiger partial charge on any atom is 0.171 e. The number of hydrogen-bond donors (Lipinski definition) is 2. The van der Waals surface area contributed by atoms with Crippen LogP contribution in [0.1, 0.15) is 31.5 Å². The van der Waals surface area contributed by atoms with Gasteiger partial charge in [-0.25, -0.2) is 0 Å². The number of quaternary nitrogens is 1. The van der Waals surface area contributed by atoms with Gasteiger partial charge in [0.2, 0.25) is 0 Å². The summed E-state index contributed by atoms with van der Waals surface area (Å²) in [7, 11) is 0. The Morgan fingerprint density at radius 3 is 2.91 bits per heavy atom. The summed E-state index contributed by atoms with van der Waals surface area (Å²) in [4.78, 5) is 3.69. The van der Waals surface area contributed by atoms with Crippen molar-refractivity contribution in [1.82, 2.24) is 4.98 Å². The first kappa shape index (κ1) is 12.9. The first-order valence-electron chi connectivity index (χ1n) is 8.40. The summed E-state index contributed by atoms with van der Waals surface area (Å²) in [5.74, 6) is 0. The molecule has 0 aliphatic carbocycles. The van der Waals surface area contributed by atoms with Gasteiger partial charge in [0.15, 0.2) is 11.1 Å². The SMILES string of the molecule is C/C=C1/C[N@+]23CCc4c([nH]c5ccccc45)[C@@]2(C)[C@]1(O)CC3. The normalized spacial score (nSPS) is 41.1. The van der Waals surface area contributed by atoms with Gasteiger partial charge in [-0.2, -0.15) is 0 Å². The molecule has 3 atom stereocenters. The Kier molecular flexibility index (Phi) is 2.15. The third kappa shape index (κ3) is 1.10. The van der Waals surface area contributed by atoms with Crippen LogP contribution in [0.5, 0.6) is 0 Å². The number of nitrogens with zero attached hydrogens (tertiary/aromatic N) is 1. The summed E-state index contributed by atoms with van der Waals surface area (Å²) in [6, 6.07) is 8.59. The highest BCUT2D eigenvalue weighted by Gasteiger charge is 2.75. The maximum absolute atomic E-state index is 11.6. The summed E-state index contributed by atoms with van der Waals surface area (Å²) in [5.41, 5.74) is 4.28. The van der Waals surface area contributed by atoms with Crippen molar-refractivity contribution in [2.75, 3.05) is 19.6 Å². The van der Waals surface area contributed by atoms with E-state index in [9.17, 15) is 5.11 Å². The summed E-state index contributed by atoms with van der Waals surface area (Å²) in [6.07, 6.45) is 4.16. The Bertz CT molecular complexity index is 835. The first-order valence-corrected chi connectivity index (χ1v) is 8.40. The van der Waals surface area contributed by atoms with Crippen molar-refractivity contribution in [3.63, 3.8) is 0 Å². The van der Waals surface area contributed by atoms with Gasteiger partial charge in [0.05, 0.1) is 18.8 Å². The average Bonchev–Trinajstić information content (AvgIpc) is 3.08. The topological polar surface area (TPSA) is 36.0 Å². The number of para-hydroxylation sites is 1. The van der Waals surface area contributed by atoms with Crippen LogP contribution in [0.25, 0.3) is 10.9 Å². The van der Waals surface area contributed by atoms with Crippen LogP contribution in [0.4, 0.5) is 0 Å². The molecule has 3 aliphatic heterocycles. The minimum atomic E-state index is -0.683. The predicted octanol–water partition coefficient (Wildman–Crippen LogP) is 2.85. The molecule has 2 bridgehead atoms. The van der Waals surface area contributed by atoms with Crippen molar-refractivity contribution in [2.45, 2.75) is 37.8 Å². The summed E-state index contributed by atoms with van der Waals surface area (Å²) < 4.78 is 1.03. The highest BCUT2D eigenvalue weighted by atomic mass is 16.3. The molecule has 3 nitrogen and oxygen atoms in total. The van der Waals surface area contributed by atoms with Gasteiger partial charge >= 0.3 is 0 Å². The second-order valence-corrected chi connectivity index (χ2v) is 7.52. The van der Waals surface area contributed by atoms with Crippen LogP contribution in [0, 0.1) is 0 Å². The average molecular weight is 295 g/mol. The van der Waals surface area contributed by atoms with E-state index in [1.807, 2.05) is 0 Å². The van der Waals surface area contributed by atoms with Gasteiger partial charge in [-0.1, -0.05) is 24.3 Å². The number of allylic oxidation sites excluding steroid dienone is 1. The van der Waals surface area contributed by atoms with Crippen molar-refractivity contribution in [2.24, 2.45) is 0 Å². The molecule has 0 amide bonds. The zero-order valence-corrected chi connectivity index (χ0v) is 13.3. The van der Waals surface area contributed by atoms with E-state index in [2.05, 4.69) is 49.2 Å². The third-order valence-corrected chi connectivity index (χ3v) is 7.10. The summed E-state index contributed by atoms with van der Waals surface area (Å²) in [6.45, 7) is 7.63. The van der Waals surface area contributed by atoms with E-state index < -0.39 is 5.60 Å². The number of benzene rings is 1. The Balaban J connectivity index is 1.86. The number of aliphatic hydroxyl groups is 1. The number of piperidine rings is 1. The van der Waals surface area contributed by atoms with Gasteiger partial charge in [-0.05, 0) is 25.5 Å². The van der Waals surface area contributed by atoms with Crippen molar-refractivity contribution in [3.8, 4) is 0 Å². The Labute approximate surface area is 130 Å². The minimum Gasteiger partial charge on any atom is -0.378 e. The molecule has 2 aromatic rings. The molecular formula is C19H23N2O+. The molecule has 114 valence electrons. The number of aromatic amines is 1. The van der Waals surface area contributed by atoms with Crippen LogP contribution in [-0.4, -0.2) is 39.8 Å². The first-order chi connectivity index (χ1) is 10.6. The molecule has 3 aliphatic rings. The van der Waals surface area contributed by atoms with Gasteiger partial charge in [0.1, 0.15) is 6.54 Å². The van der Waals surface area contributed by atoms with Crippen LogP contribution < -0.4 is 0 Å². The molecule has 4 heterocycles. The number of H-pyrrole nitrogens is 1. The van der Waals surface area contributed by atoms with Crippen molar-refractivity contribution < 1.29 is 9.59 Å². The smallest absolute Gasteiger partial charge is 0.171 e. The zero-order chi connectivity index (χ0) is 15.2. The molecule has 3 heteroatoms. The van der Waals surface area contributed by atoms with Gasteiger partial charge in [-0.3, -0.25) is 0 Å². The molecular weight excluding hydrogens is 272 g/mol. The van der Waals surface area contributed by atoms with E-state index in [1.54, 1.807) is 0 Å². The third-order valence-electron chi connectivity index (χ3n) is 7.10. The lowest BCUT2D eigenvalue weighted by atomic mass is 9.74. The Morgan fingerprint density at radius 2 is 2.09 bits per heavy atom. The molecule has 0 saturated carbocycles. The van der Waals surface area contributed by atoms with Crippen LogP contribution in [0.2, 0.25) is 0 Å². The Morgan fingerprint density at radius 1 is 1.27 bits per heavy atom. The fourth-order valence-corrected chi connectivity index (χ4v) is 5.79. The second kappa shape index (κ2) is 3.66. The van der Waals surface area contributed by atoms with E-state index in [0.717, 1.165) is 37.0 Å². The lowest BCUT2D eigenvalue weighted by Gasteiger charge is -2.47. The lowest BCUT2D eigenvalue weighted by Crippen LogP contribution is -2.61. The summed E-state index contributed by atoms with van der Waals surface area (Å²) >= 11 is 0. The van der Waals surface area contributed by atoms with Crippen molar-refractivity contribution >= 4 is 10.9 Å². The van der Waals surface area contributed by atoms with Crippen molar-refractivity contribution in [3.05, 3.63) is 47.2 Å². The quantitative estimate of drug-likeness (QED) is 0.569. The highest BCUT2D eigenvalue weighted by molar-refractivity contribution is 5.85. The number of fused-ring (bicyclic) bond motifs is 3. The molecule has 2 N–H and O–H groups in total. The molecule has 2 fully saturated rings. The van der Waals surface area contributed by atoms with E-state index in [0.29, 0.717) is 0 Å².